The maximum atomic E-state index is 12.5. The Labute approximate surface area is 331 Å². The Balaban J connectivity index is 0.000000155. The van der Waals surface area contributed by atoms with E-state index in [0.717, 1.165) is 57.4 Å². The Hall–Kier alpha value is -4.06. The van der Waals surface area contributed by atoms with Crippen molar-refractivity contribution in [2.45, 2.75) is 95.1 Å². The molecular weight excluding hydrogens is 806 g/mol. The third-order valence-corrected chi connectivity index (χ3v) is 12.0. The van der Waals surface area contributed by atoms with E-state index in [2.05, 4.69) is 122 Å². The molecule has 2 aliphatic carbocycles. The van der Waals surface area contributed by atoms with E-state index < -0.39 is 8.24 Å². The highest BCUT2D eigenvalue weighted by Gasteiger charge is 2.36. The van der Waals surface area contributed by atoms with Crippen molar-refractivity contribution in [1.82, 2.24) is 0 Å². The Morgan fingerprint density at radius 1 is 0.755 bits per heavy atom. The first-order valence-electron chi connectivity index (χ1n) is 18.4. The molecule has 8 rings (SSSR count). The summed E-state index contributed by atoms with van der Waals surface area (Å²) in [6.07, 6.45) is 9.95. The number of aliphatic imine (C=N–C) groups is 1. The lowest BCUT2D eigenvalue weighted by atomic mass is 9.77. The highest BCUT2D eigenvalue weighted by molar-refractivity contribution is 9.10. The summed E-state index contributed by atoms with van der Waals surface area (Å²) in [7, 11) is -1.21. The van der Waals surface area contributed by atoms with Crippen LogP contribution in [0.3, 0.4) is 0 Å². The molecule has 53 heavy (non-hydrogen) atoms. The summed E-state index contributed by atoms with van der Waals surface area (Å²) in [6.45, 7) is 9.82. The maximum absolute atomic E-state index is 12.5. The second-order valence-electron chi connectivity index (χ2n) is 14.9. The predicted molar refractivity (Wildman–Crippen MR) is 223 cm³/mol. The molecule has 0 saturated carbocycles. The Morgan fingerprint density at radius 2 is 1.26 bits per heavy atom. The van der Waals surface area contributed by atoms with Gasteiger partial charge in [-0.25, -0.2) is 0 Å². The first-order valence-corrected chi connectivity index (χ1v) is 23.4. The molecular formula is C44H45Br2N3O3Si. The van der Waals surface area contributed by atoms with Crippen molar-refractivity contribution in [3.05, 3.63) is 134 Å². The minimum atomic E-state index is -1.21. The lowest BCUT2D eigenvalue weighted by molar-refractivity contribution is 0.0794. The van der Waals surface area contributed by atoms with Gasteiger partial charge < -0.3 is 9.47 Å². The zero-order valence-electron chi connectivity index (χ0n) is 30.6. The van der Waals surface area contributed by atoms with Crippen LogP contribution in [0.2, 0.25) is 19.6 Å². The number of hydrogen-bond donors (Lipinski definition) is 0. The molecule has 4 unspecified atom stereocenters. The second kappa shape index (κ2) is 17.4. The maximum Gasteiger partial charge on any atom is 0.205 e. The van der Waals surface area contributed by atoms with Gasteiger partial charge in [0.15, 0.2) is 14.0 Å². The van der Waals surface area contributed by atoms with Crippen LogP contribution in [0.5, 0.6) is 11.5 Å². The Bertz CT molecular complexity index is 2100. The van der Waals surface area contributed by atoms with Gasteiger partial charge in [-0.15, -0.1) is 0 Å². The lowest BCUT2D eigenvalue weighted by Crippen LogP contribution is -2.34. The summed E-state index contributed by atoms with van der Waals surface area (Å²) >= 11 is 6.91. The number of ketones is 1. The lowest BCUT2D eigenvalue weighted by Gasteiger charge is -2.36. The van der Waals surface area contributed by atoms with Gasteiger partial charge in [-0.1, -0.05) is 80.4 Å². The van der Waals surface area contributed by atoms with Gasteiger partial charge in [0.2, 0.25) is 6.19 Å². The average Bonchev–Trinajstić information content (AvgIpc) is 3.15. The molecule has 0 fully saturated rings. The van der Waals surface area contributed by atoms with E-state index in [1.54, 1.807) is 0 Å². The van der Waals surface area contributed by atoms with E-state index in [0.29, 0.717) is 30.2 Å². The number of fused-ring (bicyclic) bond motifs is 4. The number of nitriles is 1. The van der Waals surface area contributed by atoms with E-state index in [9.17, 15) is 4.79 Å². The average molecular weight is 852 g/mol. The molecule has 2 aliphatic heterocycles. The molecule has 6 nitrogen and oxygen atoms in total. The topological polar surface area (TPSA) is 84.0 Å². The minimum Gasteiger partial charge on any atom is -0.489 e. The summed E-state index contributed by atoms with van der Waals surface area (Å²) in [5.41, 5.74) is 8.06. The molecule has 0 bridgehead atoms. The molecule has 0 spiro atoms. The van der Waals surface area contributed by atoms with Crippen LogP contribution in [0.4, 0.5) is 0 Å². The van der Waals surface area contributed by atoms with Crippen LogP contribution in [0.15, 0.2) is 110 Å². The number of Topliss-reactive ketones (excluding diaryl/α,β-unsaturated/α-hetero) is 1. The molecule has 2 heterocycles. The van der Waals surface area contributed by atoms with Gasteiger partial charge in [0.05, 0.1) is 11.3 Å². The molecule has 4 atom stereocenters. The smallest absolute Gasteiger partial charge is 0.205 e. The van der Waals surface area contributed by atoms with Gasteiger partial charge in [-0.3, -0.25) is 9.45 Å². The number of hydrogen-bond acceptors (Lipinski definition) is 6. The quantitative estimate of drug-likeness (QED) is 0.117. The number of rotatable bonds is 3. The second-order valence-corrected chi connectivity index (χ2v) is 21.3. The number of ether oxygens (including phenoxy) is 2. The van der Waals surface area contributed by atoms with Crippen molar-refractivity contribution in [2.24, 2.45) is 9.65 Å². The molecule has 9 heteroatoms. The molecule has 0 N–H and O–H groups in total. The molecule has 4 aromatic rings. The van der Waals surface area contributed by atoms with Gasteiger partial charge in [0.1, 0.15) is 23.7 Å². The third-order valence-electron chi connectivity index (χ3n) is 10.2. The Kier molecular flexibility index (Phi) is 12.7. The fraction of sp³-hybridized carbons (Fsp3) is 0.341. The van der Waals surface area contributed by atoms with Crippen molar-refractivity contribution >= 4 is 57.5 Å². The van der Waals surface area contributed by atoms with Crippen molar-refractivity contribution in [3.63, 3.8) is 0 Å². The van der Waals surface area contributed by atoms with E-state index in [1.165, 1.54) is 35.1 Å². The molecule has 0 radical (unpaired) electrons. The van der Waals surface area contributed by atoms with Crippen molar-refractivity contribution in [2.75, 3.05) is 0 Å². The van der Waals surface area contributed by atoms with Crippen LogP contribution in [-0.2, 0) is 12.8 Å². The predicted octanol–water partition coefficient (Wildman–Crippen LogP) is 11.6. The summed E-state index contributed by atoms with van der Waals surface area (Å²) < 4.78 is 18.5. The van der Waals surface area contributed by atoms with Gasteiger partial charge in [-0.05, 0) is 129 Å². The molecule has 0 saturated heterocycles. The monoisotopic (exact) mass is 849 g/mol. The number of benzene rings is 4. The third kappa shape index (κ3) is 9.55. The number of carbonyl (C=O) groups excluding carboxylic acids is 1. The van der Waals surface area contributed by atoms with E-state index in [4.69, 9.17) is 14.7 Å². The molecule has 4 aromatic carbocycles. The van der Waals surface area contributed by atoms with E-state index in [-0.39, 0.29) is 18.0 Å². The van der Waals surface area contributed by atoms with Gasteiger partial charge in [0, 0.05) is 39.2 Å². The van der Waals surface area contributed by atoms with Crippen LogP contribution in [0.25, 0.3) is 0 Å². The molecule has 4 aliphatic rings. The molecule has 272 valence electrons. The zero-order valence-corrected chi connectivity index (χ0v) is 34.8. The van der Waals surface area contributed by atoms with Crippen LogP contribution in [-0.4, -0.2) is 37.8 Å². The van der Waals surface area contributed by atoms with E-state index in [1.807, 2.05) is 42.6 Å². The standard InChI is InChI=1S/C20H17BrN2O.C19H17BrO2.C5H11NSi/c21-14-8-9-19-17(10-14)18(23-12-22)11-20(24-19)16-7-3-5-13-4-1-2-6-15(13)16;20-13-8-9-18-16(10-13)17(21)11-19(22-18)15-7-3-5-12-4-1-2-6-14(12)15;1-5-6-7(2,3)4/h1-2,4,6,8-10,16,20H,3,5,7,11H2;1-2,4,6,8-10,15,19H,3,5,7,11H2;1H2,2-4H3. The first-order chi connectivity index (χ1) is 25.5. The summed E-state index contributed by atoms with van der Waals surface area (Å²) in [5, 5.41) is 9.08. The van der Waals surface area contributed by atoms with Gasteiger partial charge in [-0.2, -0.15) is 10.3 Å². The van der Waals surface area contributed by atoms with Crippen LogP contribution in [0, 0.1) is 11.5 Å². The SMILES string of the molecule is C=C=N[Si](C)(C)C.N#CN=C1CC(C2CCCc3ccccc32)Oc2ccc(Br)cc21.O=C1CC(C2CCCc3ccccc32)Oc2ccc(Br)cc21. The van der Waals surface area contributed by atoms with E-state index >= 15 is 0 Å². The summed E-state index contributed by atoms with van der Waals surface area (Å²) in [4.78, 5) is 16.6. The van der Waals surface area contributed by atoms with Gasteiger partial charge in [0.25, 0.3) is 0 Å². The fourth-order valence-electron chi connectivity index (χ4n) is 7.86. The van der Waals surface area contributed by atoms with Crippen molar-refractivity contribution in [1.29, 1.82) is 5.26 Å². The largest absolute Gasteiger partial charge is 0.489 e. The summed E-state index contributed by atoms with van der Waals surface area (Å²) in [5.74, 6) is 4.97. The highest BCUT2D eigenvalue weighted by Crippen LogP contribution is 2.42. The van der Waals surface area contributed by atoms with Crippen molar-refractivity contribution < 1.29 is 14.3 Å². The zero-order chi connectivity index (χ0) is 37.5. The molecule has 0 amide bonds. The minimum absolute atomic E-state index is 0.0345. The number of nitrogens with zero attached hydrogens (tertiary/aromatic N) is 3. The summed E-state index contributed by atoms with van der Waals surface area (Å²) in [6, 6.07) is 28.9. The highest BCUT2D eigenvalue weighted by atomic mass is 79.9. The normalized spacial score (nSPS) is 21.8. The number of halogens is 2. The molecule has 0 aromatic heterocycles. The van der Waals surface area contributed by atoms with Crippen molar-refractivity contribution in [3.8, 4) is 17.7 Å². The van der Waals surface area contributed by atoms with Crippen LogP contribution in [0.1, 0.15) is 88.5 Å². The fourth-order valence-corrected chi connectivity index (χ4v) is 9.06. The van der Waals surface area contributed by atoms with Gasteiger partial charge >= 0.3 is 0 Å². The Morgan fingerprint density at radius 3 is 1.77 bits per heavy atom. The number of carbonyl (C=O) groups is 1. The first kappa shape index (κ1) is 38.7. The van der Waals surface area contributed by atoms with Crippen LogP contribution >= 0.6 is 31.9 Å². The number of aryl methyl sites for hydroxylation is 2. The van der Waals surface area contributed by atoms with Crippen LogP contribution < -0.4 is 9.47 Å².